The van der Waals surface area contributed by atoms with Gasteiger partial charge in [0.25, 0.3) is 0 Å². The first kappa shape index (κ1) is 17.0. The average Bonchev–Trinajstić information content (AvgIpc) is 2.67. The molecule has 3 rings (SSSR count). The molecule has 2 aromatic carbocycles. The fourth-order valence-corrected chi connectivity index (χ4v) is 2.34. The Hall–Kier alpha value is -2.80. The number of aliphatic hydroxyl groups is 1. The van der Waals surface area contributed by atoms with Gasteiger partial charge in [0.15, 0.2) is 0 Å². The Morgan fingerprint density at radius 1 is 0.880 bits per heavy atom. The maximum atomic E-state index is 8.74. The zero-order valence-electron chi connectivity index (χ0n) is 13.4. The van der Waals surface area contributed by atoms with E-state index in [1.165, 1.54) is 0 Å². The van der Waals surface area contributed by atoms with Gasteiger partial charge in [0.05, 0.1) is 6.61 Å². The van der Waals surface area contributed by atoms with Crippen LogP contribution in [0.5, 0.6) is 5.75 Å². The van der Waals surface area contributed by atoms with Crippen molar-refractivity contribution < 1.29 is 9.84 Å². The van der Waals surface area contributed by atoms with Crippen LogP contribution in [0.15, 0.2) is 66.9 Å². The van der Waals surface area contributed by atoms with E-state index in [1.807, 2.05) is 60.7 Å². The van der Waals surface area contributed by atoms with Crippen LogP contribution in [0.2, 0.25) is 5.02 Å². The first-order chi connectivity index (χ1) is 12.2. The first-order valence-electron chi connectivity index (χ1n) is 7.82. The van der Waals surface area contributed by atoms with Crippen LogP contribution in [0.25, 0.3) is 11.1 Å². The van der Waals surface area contributed by atoms with E-state index in [1.54, 1.807) is 6.20 Å². The van der Waals surface area contributed by atoms with Crippen molar-refractivity contribution in [2.75, 3.05) is 13.2 Å². The molecular formula is C21H16ClNO2. The Morgan fingerprint density at radius 3 is 2.24 bits per heavy atom. The quantitative estimate of drug-likeness (QED) is 0.719. The standard InChI is InChI=1S/C21H16ClNO2/c22-19-7-4-17(5-8-19)18-6-10-20(23-15-18)9-1-16-2-11-21(12-3-16)25-14-13-24/h2-8,10-12,15,24H,13-14H2. The Labute approximate surface area is 151 Å². The lowest BCUT2D eigenvalue weighted by atomic mass is 10.1. The van der Waals surface area contributed by atoms with Crippen molar-refractivity contribution in [2.45, 2.75) is 0 Å². The van der Waals surface area contributed by atoms with Gasteiger partial charge in [-0.1, -0.05) is 35.7 Å². The van der Waals surface area contributed by atoms with E-state index in [4.69, 9.17) is 21.4 Å². The second-order valence-electron chi connectivity index (χ2n) is 5.29. The molecule has 25 heavy (non-hydrogen) atoms. The molecule has 0 bridgehead atoms. The lowest BCUT2D eigenvalue weighted by molar-refractivity contribution is 0.201. The highest BCUT2D eigenvalue weighted by Gasteiger charge is 1.98. The summed E-state index contributed by atoms with van der Waals surface area (Å²) in [4.78, 5) is 4.39. The minimum atomic E-state index is -0.000752. The second-order valence-corrected chi connectivity index (χ2v) is 5.72. The lowest BCUT2D eigenvalue weighted by Crippen LogP contribution is -2.01. The third-order valence-electron chi connectivity index (χ3n) is 3.49. The smallest absolute Gasteiger partial charge is 0.119 e. The van der Waals surface area contributed by atoms with Gasteiger partial charge in [0.1, 0.15) is 18.1 Å². The van der Waals surface area contributed by atoms with Gasteiger partial charge in [-0.15, -0.1) is 0 Å². The molecule has 0 atom stereocenters. The Bertz CT molecular complexity index is 876. The van der Waals surface area contributed by atoms with Crippen molar-refractivity contribution in [3.05, 3.63) is 83.1 Å². The zero-order valence-corrected chi connectivity index (χ0v) is 14.2. The summed E-state index contributed by atoms with van der Waals surface area (Å²) >= 11 is 5.91. The number of pyridine rings is 1. The summed E-state index contributed by atoms with van der Waals surface area (Å²) in [6, 6.07) is 19.0. The zero-order chi connectivity index (χ0) is 17.5. The summed E-state index contributed by atoms with van der Waals surface area (Å²) in [5.41, 5.74) is 3.67. The van der Waals surface area contributed by atoms with Crippen LogP contribution in [0.4, 0.5) is 0 Å². The van der Waals surface area contributed by atoms with Gasteiger partial charge in [0.2, 0.25) is 0 Å². The van der Waals surface area contributed by atoms with Crippen molar-refractivity contribution in [1.29, 1.82) is 0 Å². The van der Waals surface area contributed by atoms with E-state index in [9.17, 15) is 0 Å². The van der Waals surface area contributed by atoms with Crippen LogP contribution in [-0.4, -0.2) is 23.3 Å². The molecule has 0 aliphatic rings. The highest BCUT2D eigenvalue weighted by atomic mass is 35.5. The molecule has 3 aromatic rings. The van der Waals surface area contributed by atoms with E-state index in [0.29, 0.717) is 16.5 Å². The summed E-state index contributed by atoms with van der Waals surface area (Å²) in [5.74, 6) is 6.84. The molecule has 0 fully saturated rings. The van der Waals surface area contributed by atoms with Crippen LogP contribution in [-0.2, 0) is 0 Å². The third kappa shape index (κ3) is 4.84. The van der Waals surface area contributed by atoms with E-state index < -0.39 is 0 Å². The molecule has 0 aliphatic carbocycles. The number of nitrogens with zero attached hydrogens (tertiary/aromatic N) is 1. The third-order valence-corrected chi connectivity index (χ3v) is 3.74. The van der Waals surface area contributed by atoms with E-state index >= 15 is 0 Å². The highest BCUT2D eigenvalue weighted by Crippen LogP contribution is 2.20. The van der Waals surface area contributed by atoms with Crippen molar-refractivity contribution in [3.63, 3.8) is 0 Å². The monoisotopic (exact) mass is 349 g/mol. The van der Waals surface area contributed by atoms with Gasteiger partial charge >= 0.3 is 0 Å². The Morgan fingerprint density at radius 2 is 1.60 bits per heavy atom. The fraction of sp³-hybridized carbons (Fsp3) is 0.0952. The van der Waals surface area contributed by atoms with Crippen LogP contribution < -0.4 is 4.74 Å². The molecule has 1 aromatic heterocycles. The number of aliphatic hydroxyl groups excluding tert-OH is 1. The molecule has 0 saturated carbocycles. The topological polar surface area (TPSA) is 42.4 Å². The van der Waals surface area contributed by atoms with Gasteiger partial charge in [-0.05, 0) is 53.9 Å². The van der Waals surface area contributed by atoms with Crippen LogP contribution >= 0.6 is 11.6 Å². The molecule has 3 nitrogen and oxygen atoms in total. The van der Waals surface area contributed by atoms with Gasteiger partial charge in [0, 0.05) is 22.3 Å². The van der Waals surface area contributed by atoms with Gasteiger partial charge in [-0.25, -0.2) is 4.98 Å². The van der Waals surface area contributed by atoms with Gasteiger partial charge in [-0.2, -0.15) is 0 Å². The molecule has 0 radical (unpaired) electrons. The molecule has 0 spiro atoms. The maximum absolute atomic E-state index is 8.74. The molecule has 124 valence electrons. The van der Waals surface area contributed by atoms with Crippen LogP contribution in [0.3, 0.4) is 0 Å². The summed E-state index contributed by atoms with van der Waals surface area (Å²) in [5, 5.41) is 9.45. The predicted octanol–water partition coefficient (Wildman–Crippen LogP) is 4.17. The molecule has 4 heteroatoms. The predicted molar refractivity (Wildman–Crippen MR) is 99.7 cm³/mol. The molecule has 0 amide bonds. The highest BCUT2D eigenvalue weighted by molar-refractivity contribution is 6.30. The first-order valence-corrected chi connectivity index (χ1v) is 8.20. The van der Waals surface area contributed by atoms with Crippen molar-refractivity contribution in [3.8, 4) is 28.7 Å². The van der Waals surface area contributed by atoms with Crippen molar-refractivity contribution in [2.24, 2.45) is 0 Å². The number of benzene rings is 2. The number of halogens is 1. The number of rotatable bonds is 4. The average molecular weight is 350 g/mol. The molecule has 1 heterocycles. The summed E-state index contributed by atoms with van der Waals surface area (Å²) in [6.45, 7) is 0.286. The summed E-state index contributed by atoms with van der Waals surface area (Å²) in [6.07, 6.45) is 1.80. The second kappa shape index (κ2) is 8.34. The summed E-state index contributed by atoms with van der Waals surface area (Å²) in [7, 11) is 0. The SMILES string of the molecule is OCCOc1ccc(C#Cc2ccc(-c3ccc(Cl)cc3)cn2)cc1. The van der Waals surface area contributed by atoms with E-state index in [2.05, 4.69) is 16.8 Å². The maximum Gasteiger partial charge on any atom is 0.119 e. The van der Waals surface area contributed by atoms with Gasteiger partial charge in [-0.3, -0.25) is 0 Å². The molecule has 0 unspecified atom stereocenters. The van der Waals surface area contributed by atoms with Crippen molar-refractivity contribution in [1.82, 2.24) is 4.98 Å². The minimum Gasteiger partial charge on any atom is -0.491 e. The minimum absolute atomic E-state index is 0.000752. The fourth-order valence-electron chi connectivity index (χ4n) is 2.22. The van der Waals surface area contributed by atoms with E-state index in [0.717, 1.165) is 16.7 Å². The van der Waals surface area contributed by atoms with Crippen molar-refractivity contribution >= 4 is 11.6 Å². The van der Waals surface area contributed by atoms with Gasteiger partial charge < -0.3 is 9.84 Å². The Balaban J connectivity index is 1.69. The number of ether oxygens (including phenoxy) is 1. The normalized spacial score (nSPS) is 10.0. The molecular weight excluding hydrogens is 334 g/mol. The summed E-state index contributed by atoms with van der Waals surface area (Å²) < 4.78 is 5.32. The lowest BCUT2D eigenvalue weighted by Gasteiger charge is -2.03. The Kier molecular flexibility index (Phi) is 5.69. The number of aromatic nitrogens is 1. The molecule has 0 saturated heterocycles. The number of hydrogen-bond acceptors (Lipinski definition) is 3. The van der Waals surface area contributed by atoms with Crippen LogP contribution in [0, 0.1) is 11.8 Å². The largest absolute Gasteiger partial charge is 0.491 e. The molecule has 1 N–H and O–H groups in total. The molecule has 0 aliphatic heterocycles. The van der Waals surface area contributed by atoms with Crippen LogP contribution in [0.1, 0.15) is 11.3 Å². The van der Waals surface area contributed by atoms with E-state index in [-0.39, 0.29) is 13.2 Å². The number of hydrogen-bond donors (Lipinski definition) is 1.